The van der Waals surface area contributed by atoms with Gasteiger partial charge in [-0.05, 0) is 18.2 Å². The van der Waals surface area contributed by atoms with Gasteiger partial charge >= 0.3 is 0 Å². The molecule has 0 aliphatic heterocycles. The Labute approximate surface area is 166 Å². The second kappa shape index (κ2) is 9.17. The molecule has 3 aromatic rings. The highest BCUT2D eigenvalue weighted by atomic mass is 32.2. The van der Waals surface area contributed by atoms with Crippen molar-refractivity contribution in [2.45, 2.75) is 4.90 Å². The average molecular weight is 392 g/mol. The summed E-state index contributed by atoms with van der Waals surface area (Å²) in [4.78, 5) is 20.2. The van der Waals surface area contributed by atoms with Gasteiger partial charge in [-0.3, -0.25) is 9.69 Å². The molecule has 6 heteroatoms. The van der Waals surface area contributed by atoms with Crippen LogP contribution in [0.4, 0.5) is 5.13 Å². The fourth-order valence-corrected chi connectivity index (χ4v) is 3.95. The van der Waals surface area contributed by atoms with Crippen molar-refractivity contribution >= 4 is 34.1 Å². The van der Waals surface area contributed by atoms with Crippen molar-refractivity contribution in [2.75, 3.05) is 17.2 Å². The van der Waals surface area contributed by atoms with E-state index < -0.39 is 0 Å². The summed E-state index contributed by atoms with van der Waals surface area (Å²) >= 11 is 2.84. The van der Waals surface area contributed by atoms with Gasteiger partial charge in [-0.15, -0.1) is 29.7 Å². The van der Waals surface area contributed by atoms with E-state index in [1.807, 2.05) is 53.9 Å². The third kappa shape index (κ3) is 4.64. The van der Waals surface area contributed by atoms with Gasteiger partial charge in [-0.25, -0.2) is 4.98 Å². The summed E-state index contributed by atoms with van der Waals surface area (Å²) in [6, 6.07) is 19.3. The van der Waals surface area contributed by atoms with Gasteiger partial charge < -0.3 is 0 Å². The number of rotatable bonds is 7. The zero-order valence-electron chi connectivity index (χ0n) is 14.5. The van der Waals surface area contributed by atoms with Crippen molar-refractivity contribution in [1.82, 2.24) is 4.98 Å². The summed E-state index contributed by atoms with van der Waals surface area (Å²) in [5, 5.41) is 11.3. The third-order valence-electron chi connectivity index (χ3n) is 3.73. The quantitative estimate of drug-likeness (QED) is 0.407. The van der Waals surface area contributed by atoms with Crippen LogP contribution in [-0.2, 0) is 0 Å². The van der Waals surface area contributed by atoms with Gasteiger partial charge in [0.2, 0.25) is 0 Å². The van der Waals surface area contributed by atoms with E-state index >= 15 is 0 Å². The molecule has 1 amide bonds. The molecule has 0 saturated heterocycles. The van der Waals surface area contributed by atoms with Crippen LogP contribution in [0, 0.1) is 11.3 Å². The van der Waals surface area contributed by atoms with Crippen molar-refractivity contribution < 1.29 is 4.79 Å². The maximum atomic E-state index is 13.1. The molecule has 0 aliphatic rings. The van der Waals surface area contributed by atoms with Crippen LogP contribution < -0.4 is 4.90 Å². The first-order chi connectivity index (χ1) is 13.2. The van der Waals surface area contributed by atoms with E-state index in [9.17, 15) is 4.79 Å². The van der Waals surface area contributed by atoms with Crippen molar-refractivity contribution in [3.63, 3.8) is 0 Å². The Hall–Kier alpha value is -2.88. The van der Waals surface area contributed by atoms with Crippen LogP contribution in [0.3, 0.4) is 0 Å². The van der Waals surface area contributed by atoms with E-state index in [1.165, 1.54) is 23.1 Å². The van der Waals surface area contributed by atoms with Gasteiger partial charge in [0.05, 0.1) is 17.5 Å². The SMILES string of the molecule is C=CCN(C(=O)c1cccc(SCC#N)c1)c1nc(-c2ccccc2)cs1. The number of hydrogen-bond donors (Lipinski definition) is 0. The van der Waals surface area contributed by atoms with Crippen LogP contribution in [0.25, 0.3) is 11.3 Å². The van der Waals surface area contributed by atoms with Crippen molar-refractivity contribution in [1.29, 1.82) is 5.26 Å². The highest BCUT2D eigenvalue weighted by molar-refractivity contribution is 7.99. The van der Waals surface area contributed by atoms with Gasteiger partial charge in [-0.1, -0.05) is 42.5 Å². The minimum absolute atomic E-state index is 0.136. The fraction of sp³-hybridized carbons (Fsp3) is 0.0952. The number of amides is 1. The van der Waals surface area contributed by atoms with Crippen molar-refractivity contribution in [3.05, 3.63) is 78.2 Å². The van der Waals surface area contributed by atoms with E-state index in [0.717, 1.165) is 16.2 Å². The summed E-state index contributed by atoms with van der Waals surface area (Å²) in [7, 11) is 0. The fourth-order valence-electron chi connectivity index (χ4n) is 2.50. The first-order valence-electron chi connectivity index (χ1n) is 8.26. The molecule has 1 aromatic heterocycles. The number of thiazole rings is 1. The molecule has 0 atom stereocenters. The molecule has 3 rings (SSSR count). The third-order valence-corrected chi connectivity index (χ3v) is 5.46. The van der Waals surface area contributed by atoms with Gasteiger partial charge in [0.1, 0.15) is 0 Å². The molecule has 27 heavy (non-hydrogen) atoms. The zero-order chi connectivity index (χ0) is 19.1. The van der Waals surface area contributed by atoms with Crippen LogP contribution in [0.15, 0.2) is 77.5 Å². The summed E-state index contributed by atoms with van der Waals surface area (Å²) in [6.07, 6.45) is 1.69. The van der Waals surface area contributed by atoms with Crippen LogP contribution in [0.1, 0.15) is 10.4 Å². The molecule has 0 radical (unpaired) electrons. The van der Waals surface area contributed by atoms with E-state index in [2.05, 4.69) is 17.6 Å². The van der Waals surface area contributed by atoms with Crippen LogP contribution >= 0.6 is 23.1 Å². The summed E-state index contributed by atoms with van der Waals surface area (Å²) < 4.78 is 0. The average Bonchev–Trinajstić information content (AvgIpc) is 3.21. The second-order valence-corrected chi connectivity index (χ2v) is 7.45. The predicted molar refractivity (Wildman–Crippen MR) is 112 cm³/mol. The summed E-state index contributed by atoms with van der Waals surface area (Å²) in [5.74, 6) is 0.212. The molecule has 0 saturated carbocycles. The molecule has 134 valence electrons. The number of carbonyl (C=O) groups is 1. The molecular formula is C21H17N3OS2. The normalized spacial score (nSPS) is 10.2. The minimum Gasteiger partial charge on any atom is -0.280 e. The Kier molecular flexibility index (Phi) is 6.42. The molecule has 0 spiro atoms. The van der Waals surface area contributed by atoms with Crippen LogP contribution in [0.2, 0.25) is 0 Å². The van der Waals surface area contributed by atoms with E-state index in [0.29, 0.717) is 23.0 Å². The lowest BCUT2D eigenvalue weighted by Gasteiger charge is -2.18. The number of hydrogen-bond acceptors (Lipinski definition) is 5. The minimum atomic E-state index is -0.136. The molecule has 4 nitrogen and oxygen atoms in total. The maximum absolute atomic E-state index is 13.1. The highest BCUT2D eigenvalue weighted by Gasteiger charge is 2.20. The lowest BCUT2D eigenvalue weighted by atomic mass is 10.2. The molecule has 1 heterocycles. The standard InChI is InChI=1S/C21H17N3OS2/c1-2-12-24(20(25)17-9-6-10-18(14-17)26-13-11-22)21-23-19(15-27-21)16-7-4-3-5-8-16/h2-10,14-15H,1,12-13H2. The van der Waals surface area contributed by atoms with Gasteiger partial charge in [0.25, 0.3) is 5.91 Å². The van der Waals surface area contributed by atoms with Crippen molar-refractivity contribution in [2.24, 2.45) is 0 Å². The van der Waals surface area contributed by atoms with E-state index in [-0.39, 0.29) is 5.91 Å². The Morgan fingerprint density at radius 1 is 1.26 bits per heavy atom. The molecule has 0 unspecified atom stereocenters. The number of anilines is 1. The molecular weight excluding hydrogens is 374 g/mol. The Morgan fingerprint density at radius 2 is 2.07 bits per heavy atom. The van der Waals surface area contributed by atoms with Crippen molar-refractivity contribution in [3.8, 4) is 17.3 Å². The Balaban J connectivity index is 1.87. The Bertz CT molecular complexity index is 976. The lowest BCUT2D eigenvalue weighted by molar-refractivity contribution is 0.0989. The first-order valence-corrected chi connectivity index (χ1v) is 10.1. The topological polar surface area (TPSA) is 57.0 Å². The summed E-state index contributed by atoms with van der Waals surface area (Å²) in [6.45, 7) is 4.14. The van der Waals surface area contributed by atoms with Crippen LogP contribution in [-0.4, -0.2) is 23.2 Å². The first kappa shape index (κ1) is 18.9. The van der Waals surface area contributed by atoms with E-state index in [1.54, 1.807) is 17.0 Å². The maximum Gasteiger partial charge on any atom is 0.260 e. The number of aromatic nitrogens is 1. The molecule has 0 aliphatic carbocycles. The predicted octanol–water partition coefficient (Wildman–Crippen LogP) is 5.26. The molecule has 0 fully saturated rings. The van der Waals surface area contributed by atoms with Gasteiger partial charge in [0.15, 0.2) is 5.13 Å². The number of benzene rings is 2. The second-order valence-electron chi connectivity index (χ2n) is 5.56. The lowest BCUT2D eigenvalue weighted by Crippen LogP contribution is -2.31. The number of nitriles is 1. The van der Waals surface area contributed by atoms with Crippen LogP contribution in [0.5, 0.6) is 0 Å². The molecule has 0 bridgehead atoms. The Morgan fingerprint density at radius 3 is 2.81 bits per heavy atom. The van der Waals surface area contributed by atoms with Gasteiger partial charge in [-0.2, -0.15) is 5.26 Å². The van der Waals surface area contributed by atoms with Gasteiger partial charge in [0, 0.05) is 27.9 Å². The number of carbonyl (C=O) groups excluding carboxylic acids is 1. The molecule has 0 N–H and O–H groups in total. The van der Waals surface area contributed by atoms with E-state index in [4.69, 9.17) is 5.26 Å². The number of thioether (sulfide) groups is 1. The summed E-state index contributed by atoms with van der Waals surface area (Å²) in [5.41, 5.74) is 2.42. The highest BCUT2D eigenvalue weighted by Crippen LogP contribution is 2.29. The zero-order valence-corrected chi connectivity index (χ0v) is 16.2. The largest absolute Gasteiger partial charge is 0.280 e. The monoisotopic (exact) mass is 391 g/mol. The molecule has 2 aromatic carbocycles. The smallest absolute Gasteiger partial charge is 0.260 e. The number of nitrogens with zero attached hydrogens (tertiary/aromatic N) is 3.